The second-order valence-electron chi connectivity index (χ2n) is 3.44. The van der Waals surface area contributed by atoms with E-state index in [1.807, 2.05) is 37.1 Å². The summed E-state index contributed by atoms with van der Waals surface area (Å²) in [6.07, 6.45) is 0. The largest absolute Gasteiger partial charge is 0.361 e. The van der Waals surface area contributed by atoms with Crippen molar-refractivity contribution in [2.24, 2.45) is 0 Å². The van der Waals surface area contributed by atoms with Crippen molar-refractivity contribution in [3.8, 4) is 0 Å². The van der Waals surface area contributed by atoms with Crippen LogP contribution in [0.15, 0.2) is 22.7 Å². The zero-order valence-corrected chi connectivity index (χ0v) is 9.63. The molecule has 0 spiro atoms. The number of anilines is 2. The first-order valence-corrected chi connectivity index (χ1v) is 5.22. The molecule has 0 saturated heterocycles. The lowest BCUT2D eigenvalue weighted by molar-refractivity contribution is -0.117. The molecule has 74 valence electrons. The van der Waals surface area contributed by atoms with Crippen LogP contribution in [0.1, 0.15) is 6.92 Å². The fraction of sp³-hybridized carbons (Fsp3) is 0.300. The van der Waals surface area contributed by atoms with Crippen LogP contribution in [0.25, 0.3) is 0 Å². The van der Waals surface area contributed by atoms with Gasteiger partial charge in [-0.05, 0) is 25.1 Å². The van der Waals surface area contributed by atoms with E-state index in [9.17, 15) is 4.79 Å². The molecule has 1 aliphatic heterocycles. The number of hydrogen-bond acceptors (Lipinski definition) is 2. The normalized spacial score (nSPS) is 20.4. The third-order valence-corrected chi connectivity index (χ3v) is 3.05. The minimum absolute atomic E-state index is 0.0399. The Morgan fingerprint density at radius 2 is 2.21 bits per heavy atom. The number of nitrogens with zero attached hydrogens (tertiary/aromatic N) is 1. The predicted octanol–water partition coefficient (Wildman–Crippen LogP) is 2.23. The molecule has 0 saturated carbocycles. The summed E-state index contributed by atoms with van der Waals surface area (Å²) in [6.45, 7) is 1.89. The smallest absolute Gasteiger partial charge is 0.246 e. The molecule has 0 aromatic heterocycles. The summed E-state index contributed by atoms with van der Waals surface area (Å²) in [5, 5.41) is 2.87. The number of hydrogen-bond donors (Lipinski definition) is 1. The molecule has 2 rings (SSSR count). The van der Waals surface area contributed by atoms with Crippen LogP contribution in [0.4, 0.5) is 11.4 Å². The summed E-state index contributed by atoms with van der Waals surface area (Å²) in [4.78, 5) is 13.5. The molecule has 1 heterocycles. The van der Waals surface area contributed by atoms with Crippen LogP contribution in [0.3, 0.4) is 0 Å². The van der Waals surface area contributed by atoms with Crippen molar-refractivity contribution in [1.29, 1.82) is 0 Å². The monoisotopic (exact) mass is 254 g/mol. The lowest BCUT2D eigenvalue weighted by Gasteiger charge is -2.33. The van der Waals surface area contributed by atoms with E-state index in [4.69, 9.17) is 0 Å². The van der Waals surface area contributed by atoms with Crippen LogP contribution in [0.2, 0.25) is 0 Å². The Morgan fingerprint density at radius 3 is 2.93 bits per heavy atom. The van der Waals surface area contributed by atoms with E-state index in [1.165, 1.54) is 0 Å². The molecule has 1 aliphatic rings. The van der Waals surface area contributed by atoms with Gasteiger partial charge in [0.15, 0.2) is 0 Å². The molecular weight excluding hydrogens is 244 g/mol. The highest BCUT2D eigenvalue weighted by Crippen LogP contribution is 2.32. The maximum Gasteiger partial charge on any atom is 0.246 e. The molecular formula is C10H11BrN2O. The maximum absolute atomic E-state index is 11.5. The number of benzene rings is 1. The Hall–Kier alpha value is -1.03. The van der Waals surface area contributed by atoms with E-state index < -0.39 is 0 Å². The predicted molar refractivity (Wildman–Crippen MR) is 60.6 cm³/mol. The molecule has 0 fully saturated rings. The van der Waals surface area contributed by atoms with Crippen molar-refractivity contribution in [2.45, 2.75) is 13.0 Å². The average Bonchev–Trinajstić information content (AvgIpc) is 2.14. The molecule has 1 N–H and O–H groups in total. The highest BCUT2D eigenvalue weighted by molar-refractivity contribution is 9.10. The first-order chi connectivity index (χ1) is 6.59. The third kappa shape index (κ3) is 1.39. The standard InChI is InChI=1S/C10H11BrN2O/c1-6-10(14)12-8-5-7(11)3-4-9(8)13(6)2/h3-6H,1-2H3,(H,12,14). The SMILES string of the molecule is CC1C(=O)Nc2cc(Br)ccc2N1C. The van der Waals surface area contributed by atoms with Crippen molar-refractivity contribution in [3.05, 3.63) is 22.7 Å². The zero-order chi connectivity index (χ0) is 10.3. The topological polar surface area (TPSA) is 32.3 Å². The lowest BCUT2D eigenvalue weighted by atomic mass is 10.1. The number of likely N-dealkylation sites (N-methyl/N-ethyl adjacent to an activating group) is 1. The Labute approximate surface area is 91.2 Å². The fourth-order valence-electron chi connectivity index (χ4n) is 1.54. The molecule has 1 aromatic carbocycles. The Balaban J connectivity index is 2.50. The number of halogens is 1. The average molecular weight is 255 g/mol. The van der Waals surface area contributed by atoms with Gasteiger partial charge in [0.25, 0.3) is 0 Å². The van der Waals surface area contributed by atoms with Crippen LogP contribution >= 0.6 is 15.9 Å². The highest BCUT2D eigenvalue weighted by Gasteiger charge is 2.26. The van der Waals surface area contributed by atoms with Crippen LogP contribution in [-0.2, 0) is 4.79 Å². The number of fused-ring (bicyclic) bond motifs is 1. The van der Waals surface area contributed by atoms with Gasteiger partial charge in [0.2, 0.25) is 5.91 Å². The number of carbonyl (C=O) groups excluding carboxylic acids is 1. The van der Waals surface area contributed by atoms with E-state index in [-0.39, 0.29) is 11.9 Å². The van der Waals surface area contributed by atoms with Gasteiger partial charge in [0.1, 0.15) is 6.04 Å². The molecule has 14 heavy (non-hydrogen) atoms. The second-order valence-corrected chi connectivity index (χ2v) is 4.35. The Morgan fingerprint density at radius 1 is 1.50 bits per heavy atom. The molecule has 1 aromatic rings. The van der Waals surface area contributed by atoms with Crippen molar-refractivity contribution in [3.63, 3.8) is 0 Å². The molecule has 0 aliphatic carbocycles. The molecule has 0 radical (unpaired) electrons. The van der Waals surface area contributed by atoms with E-state index in [1.54, 1.807) is 0 Å². The van der Waals surface area contributed by atoms with Gasteiger partial charge in [-0.15, -0.1) is 0 Å². The Kier molecular flexibility index (Phi) is 2.23. The zero-order valence-electron chi connectivity index (χ0n) is 8.04. The summed E-state index contributed by atoms with van der Waals surface area (Å²) in [6, 6.07) is 5.77. The molecule has 1 atom stereocenters. The van der Waals surface area contributed by atoms with Gasteiger partial charge in [0, 0.05) is 11.5 Å². The quantitative estimate of drug-likeness (QED) is 0.770. The highest BCUT2D eigenvalue weighted by atomic mass is 79.9. The molecule has 3 nitrogen and oxygen atoms in total. The minimum Gasteiger partial charge on any atom is -0.361 e. The van der Waals surface area contributed by atoms with Gasteiger partial charge in [0.05, 0.1) is 11.4 Å². The number of nitrogens with one attached hydrogen (secondary N) is 1. The van der Waals surface area contributed by atoms with Crippen molar-refractivity contribution >= 4 is 33.2 Å². The van der Waals surface area contributed by atoms with Gasteiger partial charge in [-0.25, -0.2) is 0 Å². The second kappa shape index (κ2) is 3.28. The molecule has 1 amide bonds. The van der Waals surface area contributed by atoms with Gasteiger partial charge < -0.3 is 10.2 Å². The van der Waals surface area contributed by atoms with Gasteiger partial charge in [-0.3, -0.25) is 4.79 Å². The first-order valence-electron chi connectivity index (χ1n) is 4.43. The van der Waals surface area contributed by atoms with Crippen LogP contribution in [0, 0.1) is 0 Å². The van der Waals surface area contributed by atoms with Gasteiger partial charge in [-0.1, -0.05) is 15.9 Å². The number of rotatable bonds is 0. The summed E-state index contributed by atoms with van der Waals surface area (Å²) in [5.41, 5.74) is 1.92. The van der Waals surface area contributed by atoms with Crippen molar-refractivity contribution in [2.75, 3.05) is 17.3 Å². The summed E-state index contributed by atoms with van der Waals surface area (Å²) in [7, 11) is 1.93. The fourth-order valence-corrected chi connectivity index (χ4v) is 1.90. The summed E-state index contributed by atoms with van der Waals surface area (Å²) >= 11 is 3.38. The van der Waals surface area contributed by atoms with E-state index in [0.29, 0.717) is 0 Å². The molecule has 1 unspecified atom stereocenters. The molecule has 0 bridgehead atoms. The van der Waals surface area contributed by atoms with E-state index >= 15 is 0 Å². The summed E-state index contributed by atoms with van der Waals surface area (Å²) < 4.78 is 0.972. The molecule has 4 heteroatoms. The third-order valence-electron chi connectivity index (χ3n) is 2.56. The number of amides is 1. The van der Waals surface area contributed by atoms with E-state index in [0.717, 1.165) is 15.8 Å². The lowest BCUT2D eigenvalue weighted by Crippen LogP contribution is -2.43. The van der Waals surface area contributed by atoms with Crippen molar-refractivity contribution in [1.82, 2.24) is 0 Å². The summed E-state index contributed by atoms with van der Waals surface area (Å²) in [5.74, 6) is 0.0399. The van der Waals surface area contributed by atoms with Crippen LogP contribution in [0.5, 0.6) is 0 Å². The van der Waals surface area contributed by atoms with Gasteiger partial charge in [-0.2, -0.15) is 0 Å². The van der Waals surface area contributed by atoms with Crippen LogP contribution in [-0.4, -0.2) is 19.0 Å². The van der Waals surface area contributed by atoms with Gasteiger partial charge >= 0.3 is 0 Å². The first kappa shape index (κ1) is 9.52. The Bertz CT molecular complexity index is 392. The van der Waals surface area contributed by atoms with Crippen LogP contribution < -0.4 is 10.2 Å². The minimum atomic E-state index is -0.108. The van der Waals surface area contributed by atoms with Crippen molar-refractivity contribution < 1.29 is 4.79 Å². The van der Waals surface area contributed by atoms with E-state index in [2.05, 4.69) is 21.2 Å². The number of carbonyl (C=O) groups is 1. The maximum atomic E-state index is 11.5.